The molecule has 11 heavy (non-hydrogen) atoms. The van der Waals surface area contributed by atoms with Crippen molar-refractivity contribution in [3.63, 3.8) is 0 Å². The maximum Gasteiger partial charge on any atom is 0.0300 e. The van der Waals surface area contributed by atoms with Crippen LogP contribution in [0, 0.1) is 0 Å². The van der Waals surface area contributed by atoms with Gasteiger partial charge in [0.15, 0.2) is 0 Å². The van der Waals surface area contributed by atoms with Gasteiger partial charge in [0.05, 0.1) is 0 Å². The summed E-state index contributed by atoms with van der Waals surface area (Å²) in [6.45, 7) is 2.00. The lowest BCUT2D eigenvalue weighted by Crippen LogP contribution is -2.14. The Morgan fingerprint density at radius 2 is 2.36 bits per heavy atom. The van der Waals surface area contributed by atoms with Crippen molar-refractivity contribution in [3.8, 4) is 0 Å². The van der Waals surface area contributed by atoms with Crippen LogP contribution in [0.5, 0.6) is 0 Å². The molecule has 1 aromatic heterocycles. The Hall–Kier alpha value is 0.620. The minimum absolute atomic E-state index is 0.974. The van der Waals surface area contributed by atoms with E-state index in [1.54, 1.807) is 11.3 Å². The Kier molecular flexibility index (Phi) is 4.67. The van der Waals surface area contributed by atoms with Crippen molar-refractivity contribution >= 4 is 43.2 Å². The number of hydrogen-bond donors (Lipinski definition) is 1. The van der Waals surface area contributed by atoms with Crippen LogP contribution in [0.2, 0.25) is 0 Å². The molecule has 1 heterocycles. The van der Waals surface area contributed by atoms with Gasteiger partial charge in [-0.15, -0.1) is 11.3 Å². The highest BCUT2D eigenvalue weighted by atomic mass is 79.9. The van der Waals surface area contributed by atoms with E-state index in [1.165, 1.54) is 9.35 Å². The van der Waals surface area contributed by atoms with Gasteiger partial charge in [0, 0.05) is 33.1 Å². The standard InChI is InChI=1S/C7H9Br2NS/c8-1-2-10-4-7-3-6(9)5-11-7/h3,5,10H,1-2,4H2. The van der Waals surface area contributed by atoms with Crippen LogP contribution in [0.3, 0.4) is 0 Å². The van der Waals surface area contributed by atoms with E-state index in [0.29, 0.717) is 0 Å². The molecule has 1 rings (SSSR count). The topological polar surface area (TPSA) is 12.0 Å². The number of rotatable bonds is 4. The third-order valence-electron chi connectivity index (χ3n) is 1.19. The van der Waals surface area contributed by atoms with Crippen molar-refractivity contribution in [1.82, 2.24) is 5.32 Å². The molecule has 0 saturated carbocycles. The Morgan fingerprint density at radius 1 is 1.55 bits per heavy atom. The number of hydrogen-bond acceptors (Lipinski definition) is 2. The summed E-state index contributed by atoms with van der Waals surface area (Å²) in [6, 6.07) is 2.14. The van der Waals surface area contributed by atoms with Gasteiger partial charge in [0.25, 0.3) is 0 Å². The van der Waals surface area contributed by atoms with Gasteiger partial charge in [-0.3, -0.25) is 0 Å². The molecule has 0 spiro atoms. The fourth-order valence-electron chi connectivity index (χ4n) is 0.725. The van der Waals surface area contributed by atoms with Crippen molar-refractivity contribution < 1.29 is 0 Å². The molecule has 0 fully saturated rings. The van der Waals surface area contributed by atoms with Crippen molar-refractivity contribution in [2.75, 3.05) is 11.9 Å². The van der Waals surface area contributed by atoms with Crippen LogP contribution in [0.25, 0.3) is 0 Å². The van der Waals surface area contributed by atoms with Crippen LogP contribution in [0.15, 0.2) is 15.9 Å². The van der Waals surface area contributed by atoms with Crippen molar-refractivity contribution in [3.05, 3.63) is 20.8 Å². The van der Waals surface area contributed by atoms with Crippen LogP contribution in [-0.2, 0) is 6.54 Å². The summed E-state index contributed by atoms with van der Waals surface area (Å²) >= 11 is 8.55. The molecule has 0 atom stereocenters. The van der Waals surface area contributed by atoms with Gasteiger partial charge < -0.3 is 5.32 Å². The number of halogens is 2. The van der Waals surface area contributed by atoms with E-state index < -0.39 is 0 Å². The Labute approximate surface area is 87.5 Å². The van der Waals surface area contributed by atoms with Crippen LogP contribution in [-0.4, -0.2) is 11.9 Å². The first-order valence-electron chi connectivity index (χ1n) is 3.32. The summed E-state index contributed by atoms with van der Waals surface area (Å²) in [4.78, 5) is 1.37. The lowest BCUT2D eigenvalue weighted by atomic mass is 10.4. The Bertz CT molecular complexity index is 212. The molecular weight excluding hydrogens is 290 g/mol. The van der Waals surface area contributed by atoms with Crippen LogP contribution < -0.4 is 5.32 Å². The Balaban J connectivity index is 2.27. The molecule has 0 bridgehead atoms. The molecule has 0 aromatic carbocycles. The van der Waals surface area contributed by atoms with E-state index >= 15 is 0 Å². The van der Waals surface area contributed by atoms with E-state index in [9.17, 15) is 0 Å². The van der Waals surface area contributed by atoms with Gasteiger partial charge in [0.2, 0.25) is 0 Å². The van der Waals surface area contributed by atoms with E-state index in [0.717, 1.165) is 18.4 Å². The van der Waals surface area contributed by atoms with Crippen LogP contribution in [0.1, 0.15) is 4.88 Å². The average Bonchev–Trinajstić information content (AvgIpc) is 2.37. The fourth-order valence-corrected chi connectivity index (χ4v) is 2.43. The van der Waals surface area contributed by atoms with E-state index in [1.807, 2.05) is 0 Å². The van der Waals surface area contributed by atoms with Crippen molar-refractivity contribution in [2.24, 2.45) is 0 Å². The molecule has 0 aliphatic rings. The van der Waals surface area contributed by atoms with Crippen molar-refractivity contribution in [2.45, 2.75) is 6.54 Å². The molecule has 62 valence electrons. The predicted octanol–water partition coefficient (Wildman–Crippen LogP) is 3.00. The first-order chi connectivity index (χ1) is 5.33. The molecule has 0 aliphatic heterocycles. The molecule has 0 amide bonds. The first-order valence-corrected chi connectivity index (χ1v) is 6.12. The second kappa shape index (κ2) is 5.30. The molecule has 0 unspecified atom stereocenters. The molecule has 1 N–H and O–H groups in total. The molecule has 4 heteroatoms. The summed E-state index contributed by atoms with van der Waals surface area (Å²) < 4.78 is 1.18. The van der Waals surface area contributed by atoms with Gasteiger partial charge in [-0.1, -0.05) is 15.9 Å². The molecular formula is C7H9Br2NS. The van der Waals surface area contributed by atoms with E-state index in [2.05, 4.69) is 48.6 Å². The number of thiophene rings is 1. The van der Waals surface area contributed by atoms with Gasteiger partial charge >= 0.3 is 0 Å². The smallest absolute Gasteiger partial charge is 0.0300 e. The second-order valence-electron chi connectivity index (χ2n) is 2.10. The Morgan fingerprint density at radius 3 is 2.91 bits per heavy atom. The maximum absolute atomic E-state index is 3.41. The largest absolute Gasteiger partial charge is 0.311 e. The molecule has 0 aliphatic carbocycles. The number of alkyl halides is 1. The summed E-state index contributed by atoms with van der Waals surface area (Å²) in [5.74, 6) is 0. The zero-order valence-corrected chi connectivity index (χ0v) is 9.93. The summed E-state index contributed by atoms with van der Waals surface area (Å²) in [5, 5.41) is 6.42. The SMILES string of the molecule is BrCCNCc1cc(Br)cs1. The van der Waals surface area contributed by atoms with Crippen molar-refractivity contribution in [1.29, 1.82) is 0 Å². The first kappa shape index (κ1) is 9.71. The van der Waals surface area contributed by atoms with E-state index in [4.69, 9.17) is 0 Å². The maximum atomic E-state index is 3.41. The fraction of sp³-hybridized carbons (Fsp3) is 0.429. The highest BCUT2D eigenvalue weighted by molar-refractivity contribution is 9.10. The third kappa shape index (κ3) is 3.69. The molecule has 0 radical (unpaired) electrons. The number of nitrogens with one attached hydrogen (secondary N) is 1. The summed E-state index contributed by atoms with van der Waals surface area (Å²) in [5.41, 5.74) is 0. The monoisotopic (exact) mass is 297 g/mol. The highest BCUT2D eigenvalue weighted by Crippen LogP contribution is 2.19. The van der Waals surface area contributed by atoms with Gasteiger partial charge in [-0.2, -0.15) is 0 Å². The predicted molar refractivity (Wildman–Crippen MR) is 57.5 cm³/mol. The second-order valence-corrected chi connectivity index (χ2v) is 4.80. The molecule has 0 saturated heterocycles. The zero-order valence-electron chi connectivity index (χ0n) is 5.94. The quantitative estimate of drug-likeness (QED) is 0.666. The van der Waals surface area contributed by atoms with E-state index in [-0.39, 0.29) is 0 Å². The molecule has 1 aromatic rings. The van der Waals surface area contributed by atoms with Gasteiger partial charge in [-0.05, 0) is 22.0 Å². The average molecular weight is 299 g/mol. The summed E-state index contributed by atoms with van der Waals surface area (Å²) in [7, 11) is 0. The van der Waals surface area contributed by atoms with Crippen LogP contribution in [0.4, 0.5) is 0 Å². The van der Waals surface area contributed by atoms with Gasteiger partial charge in [-0.25, -0.2) is 0 Å². The lowest BCUT2D eigenvalue weighted by Gasteiger charge is -1.97. The minimum atomic E-state index is 0.974. The van der Waals surface area contributed by atoms with Crippen LogP contribution >= 0.6 is 43.2 Å². The lowest BCUT2D eigenvalue weighted by molar-refractivity contribution is 0.743. The van der Waals surface area contributed by atoms with Gasteiger partial charge in [0.1, 0.15) is 0 Å². The molecule has 1 nitrogen and oxygen atoms in total. The zero-order chi connectivity index (χ0) is 8.10. The normalized spacial score (nSPS) is 10.4. The highest BCUT2D eigenvalue weighted by Gasteiger charge is 1.95. The minimum Gasteiger partial charge on any atom is -0.311 e. The third-order valence-corrected chi connectivity index (χ3v) is 3.29. The summed E-state index contributed by atoms with van der Waals surface area (Å²) in [6.07, 6.45) is 0.